The lowest BCUT2D eigenvalue weighted by molar-refractivity contribution is 0.103. The first-order valence-electron chi connectivity index (χ1n) is 9.30. The number of rotatable bonds is 5. The minimum absolute atomic E-state index is 0.142. The van der Waals surface area contributed by atoms with Crippen LogP contribution in [-0.4, -0.2) is 42.0 Å². The van der Waals surface area contributed by atoms with Crippen molar-refractivity contribution in [3.05, 3.63) is 76.1 Å². The van der Waals surface area contributed by atoms with Gasteiger partial charge < -0.3 is 10.2 Å². The van der Waals surface area contributed by atoms with Crippen LogP contribution in [-0.2, 0) is 6.54 Å². The SMILES string of the molecule is O=C(Nc1ccc(N2CCN(Cc3ccc(F)cc3F)CC2)nc1)c1cccs1. The number of halogens is 2. The number of pyridine rings is 1. The highest BCUT2D eigenvalue weighted by molar-refractivity contribution is 7.12. The summed E-state index contributed by atoms with van der Waals surface area (Å²) in [5.41, 5.74) is 1.15. The number of nitrogens with zero attached hydrogens (tertiary/aromatic N) is 3. The standard InChI is InChI=1S/C21H20F2N4OS/c22-16-4-3-15(18(23)12-16)14-26-7-9-27(10-8-26)20-6-5-17(13-24-20)25-21(28)19-2-1-11-29-19/h1-6,11-13H,7-10,14H2,(H,25,28). The smallest absolute Gasteiger partial charge is 0.265 e. The summed E-state index contributed by atoms with van der Waals surface area (Å²) in [5, 5.41) is 4.70. The molecule has 0 spiro atoms. The van der Waals surface area contributed by atoms with E-state index in [1.807, 2.05) is 23.6 Å². The monoisotopic (exact) mass is 414 g/mol. The summed E-state index contributed by atoms with van der Waals surface area (Å²) in [4.78, 5) is 21.5. The van der Waals surface area contributed by atoms with Gasteiger partial charge in [0.25, 0.3) is 5.91 Å². The van der Waals surface area contributed by atoms with Gasteiger partial charge in [0.05, 0.1) is 16.8 Å². The molecule has 4 rings (SSSR count). The third-order valence-electron chi connectivity index (χ3n) is 4.86. The molecule has 1 aliphatic heterocycles. The van der Waals surface area contributed by atoms with E-state index in [1.54, 1.807) is 12.3 Å². The van der Waals surface area contributed by atoms with E-state index in [0.29, 0.717) is 22.7 Å². The van der Waals surface area contributed by atoms with E-state index < -0.39 is 11.6 Å². The van der Waals surface area contributed by atoms with Crippen LogP contribution in [0.25, 0.3) is 0 Å². The van der Waals surface area contributed by atoms with Crippen LogP contribution in [0.3, 0.4) is 0 Å². The molecule has 0 aliphatic carbocycles. The van der Waals surface area contributed by atoms with Crippen molar-refractivity contribution in [2.75, 3.05) is 36.4 Å². The number of nitrogens with one attached hydrogen (secondary N) is 1. The summed E-state index contributed by atoms with van der Waals surface area (Å²) >= 11 is 1.39. The molecule has 8 heteroatoms. The molecule has 1 saturated heterocycles. The molecule has 150 valence electrons. The van der Waals surface area contributed by atoms with Gasteiger partial charge in [-0.05, 0) is 29.6 Å². The number of carbonyl (C=O) groups excluding carboxylic acids is 1. The van der Waals surface area contributed by atoms with E-state index in [4.69, 9.17) is 0 Å². The van der Waals surface area contributed by atoms with Gasteiger partial charge in [0, 0.05) is 44.4 Å². The molecule has 1 amide bonds. The maximum absolute atomic E-state index is 13.8. The Morgan fingerprint density at radius 2 is 1.93 bits per heavy atom. The van der Waals surface area contributed by atoms with E-state index in [0.717, 1.165) is 38.1 Å². The van der Waals surface area contributed by atoms with Crippen molar-refractivity contribution in [2.45, 2.75) is 6.54 Å². The van der Waals surface area contributed by atoms with Crippen molar-refractivity contribution < 1.29 is 13.6 Å². The van der Waals surface area contributed by atoms with Gasteiger partial charge in [0.2, 0.25) is 0 Å². The van der Waals surface area contributed by atoms with Crippen molar-refractivity contribution in [2.24, 2.45) is 0 Å². The first-order valence-corrected chi connectivity index (χ1v) is 10.2. The number of benzene rings is 1. The third kappa shape index (κ3) is 4.78. The van der Waals surface area contributed by atoms with Crippen LogP contribution in [0.4, 0.5) is 20.3 Å². The first-order chi connectivity index (χ1) is 14.1. The molecule has 0 unspecified atom stereocenters. The lowest BCUT2D eigenvalue weighted by Gasteiger charge is -2.35. The molecular formula is C21H20F2N4OS. The fourth-order valence-corrected chi connectivity index (χ4v) is 3.89. The highest BCUT2D eigenvalue weighted by atomic mass is 32.1. The van der Waals surface area contributed by atoms with Crippen molar-refractivity contribution in [1.82, 2.24) is 9.88 Å². The Bertz CT molecular complexity index is 971. The summed E-state index contributed by atoms with van der Waals surface area (Å²) in [7, 11) is 0. The predicted octanol–water partition coefficient (Wildman–Crippen LogP) is 4.00. The number of thiophene rings is 1. The molecule has 5 nitrogen and oxygen atoms in total. The second-order valence-electron chi connectivity index (χ2n) is 6.84. The van der Waals surface area contributed by atoms with Crippen molar-refractivity contribution in [3.8, 4) is 0 Å². The van der Waals surface area contributed by atoms with Gasteiger partial charge in [-0.1, -0.05) is 12.1 Å². The molecule has 1 fully saturated rings. The van der Waals surface area contributed by atoms with Gasteiger partial charge in [0.15, 0.2) is 0 Å². The fraction of sp³-hybridized carbons (Fsp3) is 0.238. The van der Waals surface area contributed by atoms with E-state index in [9.17, 15) is 13.6 Å². The number of hydrogen-bond donors (Lipinski definition) is 1. The Morgan fingerprint density at radius 1 is 1.10 bits per heavy atom. The zero-order valence-corrected chi connectivity index (χ0v) is 16.5. The molecule has 0 saturated carbocycles. The topological polar surface area (TPSA) is 48.5 Å². The quantitative estimate of drug-likeness (QED) is 0.686. The van der Waals surface area contributed by atoms with Crippen molar-refractivity contribution in [1.29, 1.82) is 0 Å². The number of aromatic nitrogens is 1. The molecule has 0 radical (unpaired) electrons. The molecule has 1 aromatic carbocycles. The van der Waals surface area contributed by atoms with Crippen LogP contribution in [0.2, 0.25) is 0 Å². The molecule has 0 atom stereocenters. The average Bonchev–Trinajstić information content (AvgIpc) is 3.26. The van der Waals surface area contributed by atoms with Crippen LogP contribution in [0, 0.1) is 11.6 Å². The summed E-state index contributed by atoms with van der Waals surface area (Å²) in [6.45, 7) is 3.50. The van der Waals surface area contributed by atoms with E-state index >= 15 is 0 Å². The highest BCUT2D eigenvalue weighted by Gasteiger charge is 2.19. The molecule has 3 heterocycles. The fourth-order valence-electron chi connectivity index (χ4n) is 3.27. The van der Waals surface area contributed by atoms with Crippen LogP contribution in [0.15, 0.2) is 54.0 Å². The predicted molar refractivity (Wildman–Crippen MR) is 110 cm³/mol. The second-order valence-corrected chi connectivity index (χ2v) is 7.78. The highest BCUT2D eigenvalue weighted by Crippen LogP contribution is 2.19. The second kappa shape index (κ2) is 8.67. The Hall–Kier alpha value is -2.84. The zero-order chi connectivity index (χ0) is 20.2. The number of anilines is 2. The van der Waals surface area contributed by atoms with Gasteiger partial charge in [-0.15, -0.1) is 11.3 Å². The van der Waals surface area contributed by atoms with Gasteiger partial charge in [0.1, 0.15) is 17.5 Å². The molecule has 29 heavy (non-hydrogen) atoms. The molecule has 1 N–H and O–H groups in total. The summed E-state index contributed by atoms with van der Waals surface area (Å²) in [6, 6.07) is 11.1. The molecule has 2 aromatic heterocycles. The van der Waals surface area contributed by atoms with Gasteiger partial charge in [-0.25, -0.2) is 13.8 Å². The number of hydrogen-bond acceptors (Lipinski definition) is 5. The lowest BCUT2D eigenvalue weighted by atomic mass is 10.1. The minimum atomic E-state index is -0.558. The van der Waals surface area contributed by atoms with Gasteiger partial charge in [-0.2, -0.15) is 0 Å². The largest absolute Gasteiger partial charge is 0.354 e. The summed E-state index contributed by atoms with van der Waals surface area (Å²) in [6.07, 6.45) is 1.65. The van der Waals surface area contributed by atoms with Crippen LogP contribution in [0.1, 0.15) is 15.2 Å². The van der Waals surface area contributed by atoms with Crippen molar-refractivity contribution in [3.63, 3.8) is 0 Å². The molecule has 0 bridgehead atoms. The van der Waals surface area contributed by atoms with Gasteiger partial charge in [-0.3, -0.25) is 9.69 Å². The molecule has 3 aromatic rings. The van der Waals surface area contributed by atoms with Crippen LogP contribution >= 0.6 is 11.3 Å². The molecular weight excluding hydrogens is 394 g/mol. The Balaban J connectivity index is 1.31. The third-order valence-corrected chi connectivity index (χ3v) is 5.72. The minimum Gasteiger partial charge on any atom is -0.354 e. The Labute approximate surface area is 171 Å². The summed E-state index contributed by atoms with van der Waals surface area (Å²) in [5.74, 6) is -0.366. The maximum Gasteiger partial charge on any atom is 0.265 e. The van der Waals surface area contributed by atoms with Crippen LogP contribution < -0.4 is 10.2 Å². The normalized spacial score (nSPS) is 14.8. The van der Waals surface area contributed by atoms with Crippen LogP contribution in [0.5, 0.6) is 0 Å². The van der Waals surface area contributed by atoms with Crippen molar-refractivity contribution >= 4 is 28.7 Å². The Kier molecular flexibility index (Phi) is 5.82. The lowest BCUT2D eigenvalue weighted by Crippen LogP contribution is -2.46. The maximum atomic E-state index is 13.8. The van der Waals surface area contributed by atoms with E-state index in [1.165, 1.54) is 23.5 Å². The molecule has 1 aliphatic rings. The number of amides is 1. The Morgan fingerprint density at radius 3 is 2.59 bits per heavy atom. The van der Waals surface area contributed by atoms with E-state index in [-0.39, 0.29) is 5.91 Å². The van der Waals surface area contributed by atoms with Gasteiger partial charge >= 0.3 is 0 Å². The number of carbonyl (C=O) groups is 1. The zero-order valence-electron chi connectivity index (χ0n) is 15.6. The first kappa shape index (κ1) is 19.5. The number of piperazine rings is 1. The summed E-state index contributed by atoms with van der Waals surface area (Å²) < 4.78 is 26.9. The average molecular weight is 414 g/mol. The van der Waals surface area contributed by atoms with E-state index in [2.05, 4.69) is 20.1 Å².